The summed E-state index contributed by atoms with van der Waals surface area (Å²) in [5.41, 5.74) is 1.37. The Kier molecular flexibility index (Phi) is 3.13. The highest BCUT2D eigenvalue weighted by Crippen LogP contribution is 2.25. The van der Waals surface area contributed by atoms with Gasteiger partial charge in [-0.05, 0) is 22.4 Å². The summed E-state index contributed by atoms with van der Waals surface area (Å²) in [6.45, 7) is 1.69. The summed E-state index contributed by atoms with van der Waals surface area (Å²) in [5.74, 6) is 1.06. The summed E-state index contributed by atoms with van der Waals surface area (Å²) in [4.78, 5) is 4.30. The van der Waals surface area contributed by atoms with Crippen LogP contribution >= 0.6 is 11.3 Å². The lowest BCUT2D eigenvalue weighted by molar-refractivity contribution is 0.641. The predicted molar refractivity (Wildman–Crippen MR) is 75.6 cm³/mol. The van der Waals surface area contributed by atoms with E-state index in [1.54, 1.807) is 11.3 Å². The topological polar surface area (TPSA) is 29.9 Å². The number of fused-ring (bicyclic) bond motifs is 1. The van der Waals surface area contributed by atoms with E-state index in [0.29, 0.717) is 0 Å². The van der Waals surface area contributed by atoms with Gasteiger partial charge in [0.15, 0.2) is 0 Å². The van der Waals surface area contributed by atoms with Gasteiger partial charge >= 0.3 is 0 Å². The second kappa shape index (κ2) is 4.92. The zero-order valence-corrected chi connectivity index (χ0v) is 11.1. The van der Waals surface area contributed by atoms with Crippen molar-refractivity contribution in [2.45, 2.75) is 13.1 Å². The third-order valence-corrected chi connectivity index (χ3v) is 4.09. The summed E-state index contributed by atoms with van der Waals surface area (Å²) in [6.07, 6.45) is 3.80. The van der Waals surface area contributed by atoms with E-state index >= 15 is 0 Å². The Labute approximate surface area is 110 Å². The molecule has 1 N–H and O–H groups in total. The van der Waals surface area contributed by atoms with Gasteiger partial charge in [-0.25, -0.2) is 4.98 Å². The SMILES string of the molecule is Cn1ccnc1CNCc1csc2ccccc12. The van der Waals surface area contributed by atoms with Crippen LogP contribution in [0.4, 0.5) is 0 Å². The summed E-state index contributed by atoms with van der Waals surface area (Å²) >= 11 is 1.80. The standard InChI is InChI=1S/C14H15N3S/c1-17-7-6-16-14(17)9-15-8-11-10-18-13-5-3-2-4-12(11)13/h2-7,10,15H,8-9H2,1H3. The van der Waals surface area contributed by atoms with Crippen molar-refractivity contribution in [3.8, 4) is 0 Å². The zero-order valence-electron chi connectivity index (χ0n) is 10.3. The Bertz CT molecular complexity index is 654. The molecule has 0 amide bonds. The minimum absolute atomic E-state index is 0.799. The molecule has 0 aliphatic carbocycles. The molecule has 1 aromatic carbocycles. The fourth-order valence-corrected chi connectivity index (χ4v) is 3.01. The minimum Gasteiger partial charge on any atom is -0.337 e. The minimum atomic E-state index is 0.799. The number of thiophene rings is 1. The van der Waals surface area contributed by atoms with Crippen molar-refractivity contribution < 1.29 is 0 Å². The van der Waals surface area contributed by atoms with Crippen LogP contribution in [0.1, 0.15) is 11.4 Å². The number of imidazole rings is 1. The van der Waals surface area contributed by atoms with Crippen LogP contribution in [-0.4, -0.2) is 9.55 Å². The lowest BCUT2D eigenvalue weighted by Gasteiger charge is -2.04. The molecule has 0 radical (unpaired) electrons. The highest BCUT2D eigenvalue weighted by atomic mass is 32.1. The number of nitrogens with zero attached hydrogens (tertiary/aromatic N) is 2. The van der Waals surface area contributed by atoms with E-state index < -0.39 is 0 Å². The second-order valence-corrected chi connectivity index (χ2v) is 5.23. The number of hydrogen-bond donors (Lipinski definition) is 1. The number of nitrogens with one attached hydrogen (secondary N) is 1. The number of benzene rings is 1. The fourth-order valence-electron chi connectivity index (χ4n) is 2.05. The number of hydrogen-bond acceptors (Lipinski definition) is 3. The summed E-state index contributed by atoms with van der Waals surface area (Å²) in [7, 11) is 2.02. The van der Waals surface area contributed by atoms with Crippen LogP contribution in [0.15, 0.2) is 42.0 Å². The summed E-state index contributed by atoms with van der Waals surface area (Å²) < 4.78 is 3.39. The summed E-state index contributed by atoms with van der Waals surface area (Å²) in [5, 5.41) is 7.04. The molecule has 0 fully saturated rings. The molecule has 92 valence electrons. The van der Waals surface area contributed by atoms with E-state index in [9.17, 15) is 0 Å². The van der Waals surface area contributed by atoms with Crippen LogP contribution in [0.3, 0.4) is 0 Å². The first-order chi connectivity index (χ1) is 8.84. The van der Waals surface area contributed by atoms with Crippen molar-refractivity contribution in [2.75, 3.05) is 0 Å². The van der Waals surface area contributed by atoms with Gasteiger partial charge in [0.2, 0.25) is 0 Å². The van der Waals surface area contributed by atoms with Gasteiger partial charge in [0.05, 0.1) is 6.54 Å². The lowest BCUT2D eigenvalue weighted by atomic mass is 10.2. The van der Waals surface area contributed by atoms with Gasteiger partial charge in [-0.1, -0.05) is 18.2 Å². The van der Waals surface area contributed by atoms with Crippen molar-refractivity contribution in [1.29, 1.82) is 0 Å². The van der Waals surface area contributed by atoms with Gasteiger partial charge in [-0.2, -0.15) is 0 Å². The van der Waals surface area contributed by atoms with Crippen molar-refractivity contribution in [2.24, 2.45) is 7.05 Å². The molecule has 0 saturated heterocycles. The van der Waals surface area contributed by atoms with Crippen molar-refractivity contribution >= 4 is 21.4 Å². The maximum absolute atomic E-state index is 4.30. The third kappa shape index (κ3) is 2.17. The van der Waals surface area contributed by atoms with Crippen LogP contribution < -0.4 is 5.32 Å². The molecule has 2 aromatic heterocycles. The molecular weight excluding hydrogens is 242 g/mol. The molecule has 0 atom stereocenters. The Morgan fingerprint density at radius 3 is 3.00 bits per heavy atom. The molecule has 3 aromatic rings. The van der Waals surface area contributed by atoms with Crippen LogP contribution in [0.5, 0.6) is 0 Å². The van der Waals surface area contributed by atoms with E-state index in [-0.39, 0.29) is 0 Å². The lowest BCUT2D eigenvalue weighted by Crippen LogP contribution is -2.15. The van der Waals surface area contributed by atoms with E-state index in [2.05, 4.69) is 39.9 Å². The van der Waals surface area contributed by atoms with Gasteiger partial charge in [-0.3, -0.25) is 0 Å². The van der Waals surface area contributed by atoms with Crippen molar-refractivity contribution in [1.82, 2.24) is 14.9 Å². The monoisotopic (exact) mass is 257 g/mol. The molecule has 0 bridgehead atoms. The van der Waals surface area contributed by atoms with E-state index in [1.807, 2.05) is 24.0 Å². The molecule has 18 heavy (non-hydrogen) atoms. The maximum atomic E-state index is 4.30. The first-order valence-corrected chi connectivity index (χ1v) is 6.84. The third-order valence-electron chi connectivity index (χ3n) is 3.08. The number of aryl methyl sites for hydroxylation is 1. The van der Waals surface area contributed by atoms with Gasteiger partial charge in [0.25, 0.3) is 0 Å². The number of aromatic nitrogens is 2. The van der Waals surface area contributed by atoms with Gasteiger partial charge in [0, 0.05) is 30.7 Å². The average molecular weight is 257 g/mol. The van der Waals surface area contributed by atoms with Crippen LogP contribution in [0.2, 0.25) is 0 Å². The molecule has 2 heterocycles. The molecular formula is C14H15N3S. The molecule has 0 saturated carbocycles. The smallest absolute Gasteiger partial charge is 0.122 e. The first-order valence-electron chi connectivity index (χ1n) is 5.96. The van der Waals surface area contributed by atoms with Crippen molar-refractivity contribution in [3.05, 3.63) is 53.4 Å². The highest BCUT2D eigenvalue weighted by molar-refractivity contribution is 7.17. The molecule has 3 nitrogen and oxygen atoms in total. The Morgan fingerprint density at radius 1 is 1.28 bits per heavy atom. The quantitative estimate of drug-likeness (QED) is 0.779. The van der Waals surface area contributed by atoms with Crippen molar-refractivity contribution in [3.63, 3.8) is 0 Å². The predicted octanol–water partition coefficient (Wildman–Crippen LogP) is 2.92. The highest BCUT2D eigenvalue weighted by Gasteiger charge is 2.03. The molecule has 0 aliphatic heterocycles. The van der Waals surface area contributed by atoms with E-state index in [4.69, 9.17) is 0 Å². The molecule has 0 spiro atoms. The zero-order chi connectivity index (χ0) is 12.4. The summed E-state index contributed by atoms with van der Waals surface area (Å²) in [6, 6.07) is 8.53. The normalized spacial score (nSPS) is 11.2. The van der Waals surface area contributed by atoms with Crippen LogP contribution in [0.25, 0.3) is 10.1 Å². The fraction of sp³-hybridized carbons (Fsp3) is 0.214. The Hall–Kier alpha value is -1.65. The molecule has 0 unspecified atom stereocenters. The Morgan fingerprint density at radius 2 is 2.17 bits per heavy atom. The Balaban J connectivity index is 1.68. The van der Waals surface area contributed by atoms with Crippen LogP contribution in [0, 0.1) is 0 Å². The number of rotatable bonds is 4. The first kappa shape index (κ1) is 11.4. The van der Waals surface area contributed by atoms with Crippen LogP contribution in [-0.2, 0) is 20.1 Å². The van der Waals surface area contributed by atoms with Gasteiger partial charge < -0.3 is 9.88 Å². The second-order valence-electron chi connectivity index (χ2n) is 4.32. The van der Waals surface area contributed by atoms with E-state index in [0.717, 1.165) is 18.9 Å². The molecule has 3 rings (SSSR count). The van der Waals surface area contributed by atoms with Gasteiger partial charge in [-0.15, -0.1) is 11.3 Å². The van der Waals surface area contributed by atoms with Gasteiger partial charge in [0.1, 0.15) is 5.82 Å². The molecule has 0 aliphatic rings. The largest absolute Gasteiger partial charge is 0.337 e. The average Bonchev–Trinajstić information content (AvgIpc) is 2.97. The molecule has 4 heteroatoms. The van der Waals surface area contributed by atoms with E-state index in [1.165, 1.54) is 15.6 Å². The maximum Gasteiger partial charge on any atom is 0.122 e.